The Balaban J connectivity index is 1.81. The molecular weight excluding hydrogens is 335 g/mol. The SMILES string of the molecule is COc1ccc(C(=O)NCc2ccc(COCC(F)(F)F)cc2)cc1. The molecule has 0 heterocycles. The van der Waals surface area contributed by atoms with E-state index in [0.29, 0.717) is 23.4 Å². The molecule has 0 radical (unpaired) electrons. The first-order valence-corrected chi connectivity index (χ1v) is 7.52. The van der Waals surface area contributed by atoms with Gasteiger partial charge in [-0.25, -0.2) is 0 Å². The summed E-state index contributed by atoms with van der Waals surface area (Å²) in [4.78, 5) is 12.0. The molecule has 2 aromatic rings. The number of hydrogen-bond donors (Lipinski definition) is 1. The van der Waals surface area contributed by atoms with Crippen molar-refractivity contribution in [3.8, 4) is 5.75 Å². The van der Waals surface area contributed by atoms with Crippen LogP contribution in [0.4, 0.5) is 13.2 Å². The maximum atomic E-state index is 12.0. The Morgan fingerprint density at radius 2 is 1.60 bits per heavy atom. The molecule has 4 nitrogen and oxygen atoms in total. The van der Waals surface area contributed by atoms with Gasteiger partial charge in [-0.3, -0.25) is 4.79 Å². The van der Waals surface area contributed by atoms with Gasteiger partial charge in [0, 0.05) is 12.1 Å². The highest BCUT2D eigenvalue weighted by atomic mass is 19.4. The van der Waals surface area contributed by atoms with Crippen molar-refractivity contribution in [3.05, 3.63) is 65.2 Å². The predicted octanol–water partition coefficient (Wildman–Crippen LogP) is 3.70. The van der Waals surface area contributed by atoms with Crippen LogP contribution in [-0.4, -0.2) is 25.8 Å². The van der Waals surface area contributed by atoms with Crippen LogP contribution in [-0.2, 0) is 17.9 Å². The number of amides is 1. The zero-order valence-corrected chi connectivity index (χ0v) is 13.6. The number of ether oxygens (including phenoxy) is 2. The van der Waals surface area contributed by atoms with Gasteiger partial charge in [-0.1, -0.05) is 24.3 Å². The summed E-state index contributed by atoms with van der Waals surface area (Å²) in [6, 6.07) is 13.5. The molecule has 0 saturated carbocycles. The number of methoxy groups -OCH3 is 1. The minimum Gasteiger partial charge on any atom is -0.497 e. The molecule has 0 fully saturated rings. The van der Waals surface area contributed by atoms with E-state index in [0.717, 1.165) is 5.56 Å². The number of hydrogen-bond acceptors (Lipinski definition) is 3. The number of rotatable bonds is 7. The highest BCUT2D eigenvalue weighted by molar-refractivity contribution is 5.94. The van der Waals surface area contributed by atoms with E-state index in [1.54, 1.807) is 55.6 Å². The normalized spacial score (nSPS) is 11.2. The fourth-order valence-electron chi connectivity index (χ4n) is 2.06. The molecule has 1 N–H and O–H groups in total. The van der Waals surface area contributed by atoms with Crippen molar-refractivity contribution in [3.63, 3.8) is 0 Å². The molecule has 0 aliphatic heterocycles. The lowest BCUT2D eigenvalue weighted by Crippen LogP contribution is -2.22. The van der Waals surface area contributed by atoms with Crippen LogP contribution in [0, 0.1) is 0 Å². The first kappa shape index (κ1) is 18.8. The minimum absolute atomic E-state index is 0.113. The van der Waals surface area contributed by atoms with Gasteiger partial charge >= 0.3 is 6.18 Å². The number of carbonyl (C=O) groups excluding carboxylic acids is 1. The molecule has 1 amide bonds. The average Bonchev–Trinajstić information content (AvgIpc) is 2.60. The second kappa shape index (κ2) is 8.53. The summed E-state index contributed by atoms with van der Waals surface area (Å²) in [7, 11) is 1.55. The van der Waals surface area contributed by atoms with E-state index in [1.165, 1.54) is 0 Å². The van der Waals surface area contributed by atoms with E-state index >= 15 is 0 Å². The van der Waals surface area contributed by atoms with Gasteiger partial charge in [0.05, 0.1) is 13.7 Å². The first-order chi connectivity index (χ1) is 11.9. The van der Waals surface area contributed by atoms with Gasteiger partial charge < -0.3 is 14.8 Å². The molecule has 0 unspecified atom stereocenters. The number of halogens is 3. The molecule has 25 heavy (non-hydrogen) atoms. The van der Waals surface area contributed by atoms with Crippen molar-refractivity contribution in [2.75, 3.05) is 13.7 Å². The van der Waals surface area contributed by atoms with E-state index in [4.69, 9.17) is 4.74 Å². The van der Waals surface area contributed by atoms with E-state index in [2.05, 4.69) is 10.1 Å². The third kappa shape index (κ3) is 6.46. The summed E-state index contributed by atoms with van der Waals surface area (Å²) < 4.78 is 45.7. The molecule has 134 valence electrons. The quantitative estimate of drug-likeness (QED) is 0.826. The molecule has 0 bridgehead atoms. The van der Waals surface area contributed by atoms with Gasteiger partial charge in [-0.15, -0.1) is 0 Å². The maximum absolute atomic E-state index is 12.0. The molecule has 2 rings (SSSR count). The van der Waals surface area contributed by atoms with Gasteiger partial charge in [-0.05, 0) is 35.4 Å². The molecule has 0 aromatic heterocycles. The molecule has 0 atom stereocenters. The smallest absolute Gasteiger partial charge is 0.411 e. The van der Waals surface area contributed by atoms with E-state index < -0.39 is 12.8 Å². The van der Waals surface area contributed by atoms with Crippen LogP contribution in [0.3, 0.4) is 0 Å². The van der Waals surface area contributed by atoms with Crippen molar-refractivity contribution in [1.82, 2.24) is 5.32 Å². The van der Waals surface area contributed by atoms with Gasteiger partial charge in [0.25, 0.3) is 5.91 Å². The van der Waals surface area contributed by atoms with Gasteiger partial charge in [0.15, 0.2) is 0 Å². The maximum Gasteiger partial charge on any atom is 0.411 e. The van der Waals surface area contributed by atoms with Crippen molar-refractivity contribution >= 4 is 5.91 Å². The van der Waals surface area contributed by atoms with Crippen LogP contribution >= 0.6 is 0 Å². The molecule has 0 aliphatic carbocycles. The minimum atomic E-state index is -4.33. The van der Waals surface area contributed by atoms with E-state index in [1.807, 2.05) is 0 Å². The average molecular weight is 353 g/mol. The largest absolute Gasteiger partial charge is 0.497 e. The molecule has 0 saturated heterocycles. The second-order valence-electron chi connectivity index (χ2n) is 5.34. The Morgan fingerprint density at radius 3 is 2.16 bits per heavy atom. The van der Waals surface area contributed by atoms with E-state index in [9.17, 15) is 18.0 Å². The number of benzene rings is 2. The molecule has 0 spiro atoms. The van der Waals surface area contributed by atoms with Crippen molar-refractivity contribution in [2.24, 2.45) is 0 Å². The second-order valence-corrected chi connectivity index (χ2v) is 5.34. The third-order valence-corrected chi connectivity index (χ3v) is 3.36. The van der Waals surface area contributed by atoms with Crippen molar-refractivity contribution in [2.45, 2.75) is 19.3 Å². The summed E-state index contributed by atoms with van der Waals surface area (Å²) >= 11 is 0. The third-order valence-electron chi connectivity index (χ3n) is 3.36. The molecule has 2 aromatic carbocycles. The zero-order chi connectivity index (χ0) is 18.3. The monoisotopic (exact) mass is 353 g/mol. The standard InChI is InChI=1S/C18H18F3NO3/c1-24-16-8-6-15(7-9-16)17(23)22-10-13-2-4-14(5-3-13)11-25-12-18(19,20)21/h2-9H,10-12H2,1H3,(H,22,23). The summed E-state index contributed by atoms with van der Waals surface area (Å²) in [6.07, 6.45) is -4.33. The lowest BCUT2D eigenvalue weighted by molar-refractivity contribution is -0.176. The Bertz CT molecular complexity index is 682. The number of alkyl halides is 3. The van der Waals surface area contributed by atoms with E-state index in [-0.39, 0.29) is 12.5 Å². The molecular formula is C18H18F3NO3. The van der Waals surface area contributed by atoms with Crippen LogP contribution in [0.2, 0.25) is 0 Å². The van der Waals surface area contributed by atoms with Crippen molar-refractivity contribution in [1.29, 1.82) is 0 Å². The van der Waals surface area contributed by atoms with Gasteiger partial charge in [0.2, 0.25) is 0 Å². The van der Waals surface area contributed by atoms with Gasteiger partial charge in [-0.2, -0.15) is 13.2 Å². The Hall–Kier alpha value is -2.54. The summed E-state index contributed by atoms with van der Waals surface area (Å²) in [5.74, 6) is 0.445. The molecule has 0 aliphatic rings. The predicted molar refractivity (Wildman–Crippen MR) is 86.3 cm³/mol. The topological polar surface area (TPSA) is 47.6 Å². The van der Waals surface area contributed by atoms with Crippen LogP contribution < -0.4 is 10.1 Å². The zero-order valence-electron chi connectivity index (χ0n) is 13.6. The lowest BCUT2D eigenvalue weighted by Gasteiger charge is -2.09. The van der Waals surface area contributed by atoms with Gasteiger partial charge in [0.1, 0.15) is 12.4 Å². The van der Waals surface area contributed by atoms with Crippen LogP contribution in [0.1, 0.15) is 21.5 Å². The van der Waals surface area contributed by atoms with Crippen LogP contribution in [0.25, 0.3) is 0 Å². The van der Waals surface area contributed by atoms with Crippen LogP contribution in [0.5, 0.6) is 5.75 Å². The van der Waals surface area contributed by atoms with Crippen molar-refractivity contribution < 1.29 is 27.4 Å². The molecule has 7 heteroatoms. The Kier molecular flexibility index (Phi) is 6.41. The summed E-state index contributed by atoms with van der Waals surface area (Å²) in [5.41, 5.74) is 1.98. The highest BCUT2D eigenvalue weighted by Gasteiger charge is 2.27. The summed E-state index contributed by atoms with van der Waals surface area (Å²) in [5, 5.41) is 2.78. The lowest BCUT2D eigenvalue weighted by atomic mass is 10.1. The van der Waals surface area contributed by atoms with Crippen LogP contribution in [0.15, 0.2) is 48.5 Å². The Labute approximate surface area is 143 Å². The number of nitrogens with one attached hydrogen (secondary N) is 1. The fourth-order valence-corrected chi connectivity index (χ4v) is 2.06. The number of carbonyl (C=O) groups is 1. The Morgan fingerprint density at radius 1 is 1.00 bits per heavy atom. The first-order valence-electron chi connectivity index (χ1n) is 7.52. The summed E-state index contributed by atoms with van der Waals surface area (Å²) in [6.45, 7) is -1.07. The highest BCUT2D eigenvalue weighted by Crippen LogP contribution is 2.16. The fraction of sp³-hybridized carbons (Fsp3) is 0.278.